The summed E-state index contributed by atoms with van der Waals surface area (Å²) < 4.78 is 15.5. The first-order valence-electron chi connectivity index (χ1n) is 13.8. The van der Waals surface area contributed by atoms with E-state index in [0.717, 1.165) is 36.0 Å². The zero-order chi connectivity index (χ0) is 29.9. The topological polar surface area (TPSA) is 123 Å². The van der Waals surface area contributed by atoms with Gasteiger partial charge in [0.15, 0.2) is 11.6 Å². The Morgan fingerprint density at radius 3 is 2.50 bits per heavy atom. The Morgan fingerprint density at radius 2 is 1.79 bits per heavy atom. The van der Waals surface area contributed by atoms with Crippen molar-refractivity contribution in [3.05, 3.63) is 63.7 Å². The summed E-state index contributed by atoms with van der Waals surface area (Å²) in [6, 6.07) is 4.41. The maximum absolute atomic E-state index is 13.9. The summed E-state index contributed by atoms with van der Waals surface area (Å²) in [6.07, 6.45) is 5.87. The number of halogens is 2. The van der Waals surface area contributed by atoms with Crippen molar-refractivity contribution >= 4 is 50.2 Å². The minimum Gasteiger partial charge on any atom is -0.326 e. The Balaban J connectivity index is 1.31. The Hall–Kier alpha value is -4.06. The lowest BCUT2D eigenvalue weighted by molar-refractivity contribution is -0.141. The van der Waals surface area contributed by atoms with Crippen molar-refractivity contribution in [1.82, 2.24) is 29.6 Å². The SMILES string of the molecule is CC(=O)c1nn(CC(=O)N2[C@H]3CC[C@H](C3)[C@H]2C(=O)Nc2nc(Br)c(F)cc2C)c2c(C)cc(-c3cnc(C)nc3)cc12. The molecule has 2 fully saturated rings. The molecular weight excluding hydrogens is 605 g/mol. The van der Waals surface area contributed by atoms with Crippen LogP contribution in [0, 0.1) is 32.5 Å². The van der Waals surface area contributed by atoms with Gasteiger partial charge in [-0.2, -0.15) is 5.10 Å². The number of anilines is 1. The number of benzene rings is 1. The van der Waals surface area contributed by atoms with Crippen molar-refractivity contribution < 1.29 is 18.8 Å². The van der Waals surface area contributed by atoms with E-state index in [2.05, 4.69) is 41.3 Å². The molecule has 10 nitrogen and oxygen atoms in total. The first-order valence-corrected chi connectivity index (χ1v) is 14.6. The Bertz CT molecular complexity index is 1770. The molecule has 12 heteroatoms. The van der Waals surface area contributed by atoms with Crippen LogP contribution in [0.25, 0.3) is 22.0 Å². The van der Waals surface area contributed by atoms with Gasteiger partial charge in [-0.05, 0) is 96.8 Å². The number of carbonyl (C=O) groups is 3. The van der Waals surface area contributed by atoms with Crippen LogP contribution >= 0.6 is 15.9 Å². The molecule has 0 unspecified atom stereocenters. The van der Waals surface area contributed by atoms with Gasteiger partial charge in [-0.3, -0.25) is 19.1 Å². The van der Waals surface area contributed by atoms with Gasteiger partial charge in [0.2, 0.25) is 11.8 Å². The second-order valence-corrected chi connectivity index (χ2v) is 11.9. The number of rotatable bonds is 6. The Kier molecular flexibility index (Phi) is 7.12. The van der Waals surface area contributed by atoms with Crippen LogP contribution in [0.15, 0.2) is 35.2 Å². The molecular formula is C30H29BrFN7O3. The van der Waals surface area contributed by atoms with Gasteiger partial charge in [0, 0.05) is 36.3 Å². The molecule has 1 aromatic carbocycles. The molecule has 1 aliphatic heterocycles. The molecule has 216 valence electrons. The number of piperidine rings is 1. The van der Waals surface area contributed by atoms with Crippen LogP contribution in [-0.2, 0) is 16.1 Å². The smallest absolute Gasteiger partial charge is 0.248 e. The molecule has 2 aliphatic rings. The number of Topliss-reactive ketones (excluding diaryl/α,β-unsaturated/α-hetero) is 1. The van der Waals surface area contributed by atoms with E-state index in [1.165, 1.54) is 13.0 Å². The van der Waals surface area contributed by atoms with Crippen LogP contribution in [0.1, 0.15) is 53.6 Å². The summed E-state index contributed by atoms with van der Waals surface area (Å²) >= 11 is 3.07. The number of ketones is 1. The second-order valence-electron chi connectivity index (χ2n) is 11.2. The summed E-state index contributed by atoms with van der Waals surface area (Å²) in [5, 5.41) is 8.04. The molecule has 1 N–H and O–H groups in total. The zero-order valence-electron chi connectivity index (χ0n) is 23.6. The number of likely N-dealkylation sites (tertiary alicyclic amines) is 1. The van der Waals surface area contributed by atoms with Gasteiger partial charge in [-0.25, -0.2) is 19.3 Å². The lowest BCUT2D eigenvalue weighted by Crippen LogP contribution is -2.52. The van der Waals surface area contributed by atoms with Crippen molar-refractivity contribution in [2.45, 2.75) is 65.6 Å². The lowest BCUT2D eigenvalue weighted by atomic mass is 9.97. The maximum Gasteiger partial charge on any atom is 0.248 e. The zero-order valence-corrected chi connectivity index (χ0v) is 25.2. The fourth-order valence-electron chi connectivity index (χ4n) is 6.38. The average molecular weight is 635 g/mol. The van der Waals surface area contributed by atoms with E-state index in [4.69, 9.17) is 0 Å². The van der Waals surface area contributed by atoms with Crippen LogP contribution in [0.2, 0.25) is 0 Å². The molecule has 3 atom stereocenters. The first kappa shape index (κ1) is 28.1. The molecule has 1 saturated heterocycles. The highest BCUT2D eigenvalue weighted by Crippen LogP contribution is 2.43. The minimum atomic E-state index is -0.676. The minimum absolute atomic E-state index is 0.00421. The van der Waals surface area contributed by atoms with E-state index in [1.807, 2.05) is 26.0 Å². The highest BCUT2D eigenvalue weighted by atomic mass is 79.9. The normalized spacial score (nSPS) is 19.5. The van der Waals surface area contributed by atoms with E-state index >= 15 is 0 Å². The van der Waals surface area contributed by atoms with Crippen LogP contribution < -0.4 is 5.32 Å². The third-order valence-corrected chi connectivity index (χ3v) is 8.83. The van der Waals surface area contributed by atoms with Gasteiger partial charge in [0.25, 0.3) is 0 Å². The molecule has 1 saturated carbocycles. The van der Waals surface area contributed by atoms with E-state index < -0.39 is 11.9 Å². The third-order valence-electron chi connectivity index (χ3n) is 8.27. The van der Waals surface area contributed by atoms with Gasteiger partial charge in [-0.15, -0.1) is 0 Å². The highest BCUT2D eigenvalue weighted by molar-refractivity contribution is 9.10. The van der Waals surface area contributed by atoms with Crippen LogP contribution in [0.5, 0.6) is 0 Å². The summed E-state index contributed by atoms with van der Waals surface area (Å²) in [7, 11) is 0. The third kappa shape index (κ3) is 4.87. The number of carbonyl (C=O) groups excluding carboxylic acids is 3. The number of hydrogen-bond acceptors (Lipinski definition) is 7. The van der Waals surface area contributed by atoms with Gasteiger partial charge < -0.3 is 10.2 Å². The average Bonchev–Trinajstić information content (AvgIpc) is 3.66. The number of aryl methyl sites for hydroxylation is 3. The molecule has 1 aliphatic carbocycles. The maximum atomic E-state index is 13.9. The van der Waals surface area contributed by atoms with E-state index in [-0.39, 0.29) is 52.2 Å². The lowest BCUT2D eigenvalue weighted by Gasteiger charge is -2.34. The van der Waals surface area contributed by atoms with Gasteiger partial charge in [0.05, 0.1) is 5.52 Å². The first-order chi connectivity index (χ1) is 20.0. The van der Waals surface area contributed by atoms with Crippen molar-refractivity contribution in [2.75, 3.05) is 5.32 Å². The Morgan fingerprint density at radius 1 is 1.05 bits per heavy atom. The van der Waals surface area contributed by atoms with Gasteiger partial charge in [0.1, 0.15) is 34.5 Å². The predicted octanol–water partition coefficient (Wildman–Crippen LogP) is 4.94. The summed E-state index contributed by atoms with van der Waals surface area (Å²) in [5.41, 5.74) is 3.94. The number of hydrogen-bond donors (Lipinski definition) is 1. The molecule has 4 aromatic rings. The predicted molar refractivity (Wildman–Crippen MR) is 157 cm³/mol. The molecule has 0 spiro atoms. The number of amides is 2. The molecule has 4 heterocycles. The monoisotopic (exact) mass is 633 g/mol. The molecule has 42 heavy (non-hydrogen) atoms. The van der Waals surface area contributed by atoms with Crippen LogP contribution in [-0.4, -0.2) is 59.3 Å². The van der Waals surface area contributed by atoms with Gasteiger partial charge in [-0.1, -0.05) is 0 Å². The van der Waals surface area contributed by atoms with Gasteiger partial charge >= 0.3 is 0 Å². The Labute approximate surface area is 249 Å². The fraction of sp³-hybridized carbons (Fsp3) is 0.367. The number of nitrogens with one attached hydrogen (secondary N) is 1. The van der Waals surface area contributed by atoms with Crippen LogP contribution in [0.4, 0.5) is 10.2 Å². The van der Waals surface area contributed by atoms with Crippen molar-refractivity contribution in [1.29, 1.82) is 0 Å². The summed E-state index contributed by atoms with van der Waals surface area (Å²) in [4.78, 5) is 54.4. The van der Waals surface area contributed by atoms with E-state index in [0.29, 0.717) is 22.3 Å². The second kappa shape index (κ2) is 10.6. The molecule has 2 amide bonds. The van der Waals surface area contributed by atoms with Crippen molar-refractivity contribution in [3.8, 4) is 11.1 Å². The summed E-state index contributed by atoms with van der Waals surface area (Å²) in [5.74, 6) is -0.402. The highest BCUT2D eigenvalue weighted by Gasteiger charge is 2.51. The quantitative estimate of drug-likeness (QED) is 0.236. The number of fused-ring (bicyclic) bond motifs is 3. The molecule has 6 rings (SSSR count). The standard InChI is InChI=1S/C30H29BrFN7O3/c1-14-7-19(20-11-33-17(4)34-12-20)10-22-25(16(3)40)37-38(26(14)22)13-24(41)39-21-6-5-18(9-21)27(39)30(42)36-29-15(2)8-23(32)28(31)35-29/h7-8,10-12,18,21,27H,5-6,9,13H2,1-4H3,(H,35,36,42)/t18-,21+,27+/m1/s1. The van der Waals surface area contributed by atoms with E-state index in [9.17, 15) is 18.8 Å². The van der Waals surface area contributed by atoms with E-state index in [1.54, 1.807) is 28.9 Å². The summed E-state index contributed by atoms with van der Waals surface area (Å²) in [6.45, 7) is 6.72. The number of nitrogens with zero attached hydrogens (tertiary/aromatic N) is 6. The number of aromatic nitrogens is 5. The number of pyridine rings is 1. The van der Waals surface area contributed by atoms with Crippen molar-refractivity contribution in [3.63, 3.8) is 0 Å². The van der Waals surface area contributed by atoms with Crippen LogP contribution in [0.3, 0.4) is 0 Å². The molecule has 2 bridgehead atoms. The van der Waals surface area contributed by atoms with Crippen molar-refractivity contribution in [2.24, 2.45) is 5.92 Å². The fourth-order valence-corrected chi connectivity index (χ4v) is 6.67. The molecule has 0 radical (unpaired) electrons. The molecule has 3 aromatic heterocycles. The largest absolute Gasteiger partial charge is 0.326 e.